The second-order valence-electron chi connectivity index (χ2n) is 12.3. The summed E-state index contributed by atoms with van der Waals surface area (Å²) in [4.78, 5) is 22.8. The van der Waals surface area contributed by atoms with E-state index in [-0.39, 0.29) is 30.4 Å². The van der Waals surface area contributed by atoms with E-state index in [1.165, 1.54) is 51.4 Å². The Bertz CT molecular complexity index is 710. The van der Waals surface area contributed by atoms with Crippen molar-refractivity contribution in [2.75, 3.05) is 6.54 Å². The van der Waals surface area contributed by atoms with Crippen molar-refractivity contribution in [2.24, 2.45) is 46.3 Å². The van der Waals surface area contributed by atoms with E-state index in [1.54, 1.807) is 0 Å². The summed E-state index contributed by atoms with van der Waals surface area (Å²) in [5.41, 5.74) is 0.657. The lowest BCUT2D eigenvalue weighted by molar-refractivity contribution is -0.175. The molecule has 4 aliphatic carbocycles. The van der Waals surface area contributed by atoms with Crippen LogP contribution in [-0.2, 0) is 9.59 Å². The predicted octanol–water partition coefficient (Wildman–Crippen LogP) is 5.01. The number of aliphatic carboxylic acids is 1. The van der Waals surface area contributed by atoms with E-state index in [0.29, 0.717) is 47.3 Å². The highest BCUT2D eigenvalue weighted by atomic mass is 16.4. The van der Waals surface area contributed by atoms with Crippen molar-refractivity contribution in [3.05, 3.63) is 0 Å². The lowest BCUT2D eigenvalue weighted by atomic mass is 9.43. The Labute approximate surface area is 194 Å². The maximum absolute atomic E-state index is 12.2. The van der Waals surface area contributed by atoms with Gasteiger partial charge in [-0.05, 0) is 97.7 Å². The molecule has 5 unspecified atom stereocenters. The summed E-state index contributed by atoms with van der Waals surface area (Å²) < 4.78 is 0. The largest absolute Gasteiger partial charge is 0.481 e. The Morgan fingerprint density at radius 3 is 2.50 bits per heavy atom. The molecule has 0 aromatic rings. The highest BCUT2D eigenvalue weighted by molar-refractivity contribution is 5.76. The van der Waals surface area contributed by atoms with Gasteiger partial charge in [0, 0.05) is 13.0 Å². The molecular formula is C27H45NO4. The molecule has 0 spiro atoms. The van der Waals surface area contributed by atoms with E-state index in [4.69, 9.17) is 5.11 Å². The zero-order valence-corrected chi connectivity index (χ0v) is 20.4. The van der Waals surface area contributed by atoms with E-state index in [0.717, 1.165) is 12.8 Å². The molecule has 5 heteroatoms. The SMILES string of the molecule is C[C@H](CCC(=O)NCCC(=O)O)[C@H]1CC[C@]2(C)C1CC[C@H]1C2C(O)CC2CCCCC21C. The van der Waals surface area contributed by atoms with Crippen molar-refractivity contribution >= 4 is 11.9 Å². The Morgan fingerprint density at radius 1 is 1.00 bits per heavy atom. The van der Waals surface area contributed by atoms with Gasteiger partial charge in [0.25, 0.3) is 0 Å². The first-order valence-corrected chi connectivity index (χ1v) is 13.3. The van der Waals surface area contributed by atoms with Crippen molar-refractivity contribution in [1.29, 1.82) is 0 Å². The number of aliphatic hydroxyl groups excluding tert-OH is 1. The van der Waals surface area contributed by atoms with Gasteiger partial charge in [-0.25, -0.2) is 0 Å². The molecule has 0 saturated heterocycles. The minimum absolute atomic E-state index is 0.0188. The van der Waals surface area contributed by atoms with Crippen LogP contribution in [0.4, 0.5) is 0 Å². The third-order valence-corrected chi connectivity index (χ3v) is 10.8. The standard InChI is InChI=1S/C27H45NO4/c1-17(7-10-23(30)28-15-12-24(31)32)19-11-14-27(3)20(19)8-9-21-25(27)22(29)16-18-6-4-5-13-26(18,21)2/h17-22,25,29H,4-16H2,1-3H3,(H,28,30)(H,31,32)/t17-,18?,19-,20?,21+,22?,25?,26?,27-/m1/s1. The number of carboxylic acid groups (broad SMARTS) is 1. The summed E-state index contributed by atoms with van der Waals surface area (Å²) in [5, 5.41) is 22.9. The van der Waals surface area contributed by atoms with Crippen LogP contribution in [-0.4, -0.2) is 34.7 Å². The summed E-state index contributed by atoms with van der Waals surface area (Å²) in [6.45, 7) is 7.58. The van der Waals surface area contributed by atoms with Crippen LogP contribution in [0.3, 0.4) is 0 Å². The van der Waals surface area contributed by atoms with Crippen molar-refractivity contribution in [1.82, 2.24) is 5.32 Å². The molecule has 0 bridgehead atoms. The van der Waals surface area contributed by atoms with Crippen molar-refractivity contribution in [3.63, 3.8) is 0 Å². The number of carboxylic acids is 1. The van der Waals surface area contributed by atoms with Crippen molar-refractivity contribution < 1.29 is 19.8 Å². The van der Waals surface area contributed by atoms with E-state index in [9.17, 15) is 14.7 Å². The second-order valence-corrected chi connectivity index (χ2v) is 12.3. The first kappa shape index (κ1) is 24.0. The van der Waals surface area contributed by atoms with Crippen LogP contribution >= 0.6 is 0 Å². The van der Waals surface area contributed by atoms with E-state index < -0.39 is 5.97 Å². The van der Waals surface area contributed by atoms with Gasteiger partial charge < -0.3 is 15.5 Å². The lowest BCUT2D eigenvalue weighted by Gasteiger charge is -2.63. The smallest absolute Gasteiger partial charge is 0.305 e. The molecular weight excluding hydrogens is 402 g/mol. The highest BCUT2D eigenvalue weighted by Crippen LogP contribution is 2.68. The first-order chi connectivity index (χ1) is 15.2. The molecule has 0 aromatic heterocycles. The van der Waals surface area contributed by atoms with Gasteiger partial charge in [-0.2, -0.15) is 0 Å². The predicted molar refractivity (Wildman–Crippen MR) is 125 cm³/mol. The van der Waals surface area contributed by atoms with E-state index in [1.807, 2.05) is 0 Å². The van der Waals surface area contributed by atoms with Gasteiger partial charge in [0.2, 0.25) is 5.91 Å². The Balaban J connectivity index is 1.40. The number of hydrogen-bond acceptors (Lipinski definition) is 3. The van der Waals surface area contributed by atoms with Crippen molar-refractivity contribution in [3.8, 4) is 0 Å². The molecule has 4 fully saturated rings. The normalized spacial score (nSPS) is 44.1. The molecule has 1 amide bonds. The number of aliphatic hydroxyl groups is 1. The quantitative estimate of drug-likeness (QED) is 0.512. The van der Waals surface area contributed by atoms with Crippen LogP contribution in [0.5, 0.6) is 0 Å². The molecule has 4 saturated carbocycles. The molecule has 182 valence electrons. The second kappa shape index (κ2) is 9.27. The van der Waals surface area contributed by atoms with Crippen LogP contribution in [0.2, 0.25) is 0 Å². The number of rotatable bonds is 7. The minimum Gasteiger partial charge on any atom is -0.481 e. The van der Waals surface area contributed by atoms with Gasteiger partial charge in [-0.1, -0.05) is 33.6 Å². The topological polar surface area (TPSA) is 86.6 Å². The van der Waals surface area contributed by atoms with Gasteiger partial charge in [0.05, 0.1) is 12.5 Å². The first-order valence-electron chi connectivity index (χ1n) is 13.3. The lowest BCUT2D eigenvalue weighted by Crippen LogP contribution is -2.59. The van der Waals surface area contributed by atoms with E-state index >= 15 is 0 Å². The summed E-state index contributed by atoms with van der Waals surface area (Å²) in [6.07, 6.45) is 12.6. The molecule has 9 atom stereocenters. The van der Waals surface area contributed by atoms with Crippen molar-refractivity contribution in [2.45, 2.75) is 104 Å². The number of hydrogen-bond donors (Lipinski definition) is 3. The Kier molecular flexibility index (Phi) is 6.96. The Hall–Kier alpha value is -1.10. The number of carbonyl (C=O) groups excluding carboxylic acids is 1. The Morgan fingerprint density at radius 2 is 1.75 bits per heavy atom. The van der Waals surface area contributed by atoms with Gasteiger partial charge in [-0.15, -0.1) is 0 Å². The maximum Gasteiger partial charge on any atom is 0.305 e. The highest BCUT2D eigenvalue weighted by Gasteiger charge is 2.63. The zero-order valence-electron chi connectivity index (χ0n) is 20.4. The summed E-state index contributed by atoms with van der Waals surface area (Å²) in [7, 11) is 0. The van der Waals surface area contributed by atoms with Crippen LogP contribution in [0.1, 0.15) is 97.8 Å². The van der Waals surface area contributed by atoms with Crippen LogP contribution in [0.15, 0.2) is 0 Å². The van der Waals surface area contributed by atoms with Gasteiger partial charge in [0.1, 0.15) is 0 Å². The third-order valence-electron chi connectivity index (χ3n) is 10.8. The number of amides is 1. The fourth-order valence-electron chi connectivity index (χ4n) is 9.15. The summed E-state index contributed by atoms with van der Waals surface area (Å²) in [5.74, 6) is 2.71. The van der Waals surface area contributed by atoms with Crippen LogP contribution in [0, 0.1) is 46.3 Å². The van der Waals surface area contributed by atoms with Crippen LogP contribution in [0.25, 0.3) is 0 Å². The number of fused-ring (bicyclic) bond motifs is 5. The average Bonchev–Trinajstić information content (AvgIpc) is 3.09. The number of nitrogens with one attached hydrogen (secondary N) is 1. The monoisotopic (exact) mass is 447 g/mol. The molecule has 5 nitrogen and oxygen atoms in total. The van der Waals surface area contributed by atoms with Gasteiger partial charge in [0.15, 0.2) is 0 Å². The summed E-state index contributed by atoms with van der Waals surface area (Å²) >= 11 is 0. The molecule has 32 heavy (non-hydrogen) atoms. The van der Waals surface area contributed by atoms with E-state index in [2.05, 4.69) is 26.1 Å². The molecule has 0 aromatic carbocycles. The summed E-state index contributed by atoms with van der Waals surface area (Å²) in [6, 6.07) is 0. The molecule has 0 aliphatic heterocycles. The molecule has 4 rings (SSSR count). The molecule has 0 heterocycles. The average molecular weight is 448 g/mol. The maximum atomic E-state index is 12.2. The fourth-order valence-corrected chi connectivity index (χ4v) is 9.15. The van der Waals surface area contributed by atoms with Crippen LogP contribution < -0.4 is 5.32 Å². The fraction of sp³-hybridized carbons (Fsp3) is 0.926. The molecule has 0 radical (unpaired) electrons. The zero-order chi connectivity index (χ0) is 23.1. The minimum atomic E-state index is -0.877. The third kappa shape index (κ3) is 4.23. The molecule has 4 aliphatic rings. The van der Waals surface area contributed by atoms with Gasteiger partial charge >= 0.3 is 5.97 Å². The molecule has 3 N–H and O–H groups in total. The van der Waals surface area contributed by atoms with Gasteiger partial charge in [-0.3, -0.25) is 9.59 Å². The number of carbonyl (C=O) groups is 2.